The van der Waals surface area contributed by atoms with Crippen molar-refractivity contribution in [1.82, 2.24) is 15.4 Å². The second-order valence-corrected chi connectivity index (χ2v) is 8.07. The maximum atomic E-state index is 13.1. The number of aliphatic imine (C=N–C) groups is 1. The Morgan fingerprint density at radius 1 is 1.03 bits per heavy atom. The first-order chi connectivity index (χ1) is 14.4. The van der Waals surface area contributed by atoms with Gasteiger partial charge in [-0.1, -0.05) is 12.1 Å². The number of rotatable bonds is 6. The second kappa shape index (κ2) is 8.05. The molecule has 30 heavy (non-hydrogen) atoms. The lowest BCUT2D eigenvalue weighted by Gasteiger charge is -2.19. The molecule has 0 radical (unpaired) electrons. The first-order valence-electron chi connectivity index (χ1n) is 8.98. The molecule has 2 heterocycles. The first-order valence-corrected chi connectivity index (χ1v) is 10.5. The van der Waals surface area contributed by atoms with Gasteiger partial charge in [0.25, 0.3) is 0 Å². The number of benzene rings is 2. The number of halogens is 1. The van der Waals surface area contributed by atoms with E-state index in [9.17, 15) is 12.8 Å². The van der Waals surface area contributed by atoms with Gasteiger partial charge in [-0.3, -0.25) is 10.9 Å². The van der Waals surface area contributed by atoms with Crippen molar-refractivity contribution in [3.8, 4) is 0 Å². The lowest BCUT2D eigenvalue weighted by Crippen LogP contribution is -2.33. The standard InChI is InChI=1S/C19H18FN7O2S/c20-14-5-3-13(4-6-14)17-24-16-11-23-19(25-18(16)27-26-17)22-10-9-12-1-7-15(8-2-12)30(21,28)29/h1-8,11H,9-10H2,(H,24,26)(H2,21,28,29)(H2,22,23,25,27). The summed E-state index contributed by atoms with van der Waals surface area (Å²) < 4.78 is 35.7. The van der Waals surface area contributed by atoms with Gasteiger partial charge in [0.1, 0.15) is 11.5 Å². The molecule has 1 aromatic heterocycles. The number of anilines is 2. The van der Waals surface area contributed by atoms with Gasteiger partial charge in [0.05, 0.1) is 11.1 Å². The molecule has 0 atom stereocenters. The number of hydrogen-bond donors (Lipinski definition) is 4. The summed E-state index contributed by atoms with van der Waals surface area (Å²) in [7, 11) is -3.69. The molecule has 2 aromatic carbocycles. The summed E-state index contributed by atoms with van der Waals surface area (Å²) in [6, 6.07) is 12.4. The highest BCUT2D eigenvalue weighted by atomic mass is 32.2. The summed E-state index contributed by atoms with van der Waals surface area (Å²) in [6.07, 6.45) is 2.23. The van der Waals surface area contributed by atoms with E-state index >= 15 is 0 Å². The summed E-state index contributed by atoms with van der Waals surface area (Å²) in [5.41, 5.74) is 8.12. The lowest BCUT2D eigenvalue weighted by molar-refractivity contribution is 0.597. The highest BCUT2D eigenvalue weighted by Gasteiger charge is 2.15. The molecule has 0 aliphatic carbocycles. The van der Waals surface area contributed by atoms with Gasteiger partial charge >= 0.3 is 0 Å². The van der Waals surface area contributed by atoms with Crippen LogP contribution in [0.25, 0.3) is 0 Å². The van der Waals surface area contributed by atoms with Crippen molar-refractivity contribution < 1.29 is 12.8 Å². The minimum atomic E-state index is -3.69. The molecule has 154 valence electrons. The van der Waals surface area contributed by atoms with Gasteiger partial charge in [0.15, 0.2) is 11.7 Å². The van der Waals surface area contributed by atoms with Crippen LogP contribution in [0.3, 0.4) is 0 Å². The molecule has 11 heteroatoms. The number of sulfonamides is 1. The van der Waals surface area contributed by atoms with Crippen LogP contribution in [0.2, 0.25) is 0 Å². The highest BCUT2D eigenvalue weighted by Crippen LogP contribution is 2.25. The SMILES string of the molecule is NS(=O)(=O)c1ccc(CCNc2ncc3c(n2)NNC(c2ccc(F)cc2)=N3)cc1. The third kappa shape index (κ3) is 4.53. The van der Waals surface area contributed by atoms with Crippen LogP contribution in [0, 0.1) is 5.82 Å². The Bertz CT molecular complexity index is 1200. The van der Waals surface area contributed by atoms with Gasteiger partial charge in [0, 0.05) is 12.1 Å². The number of amidine groups is 1. The fraction of sp³-hybridized carbons (Fsp3) is 0.105. The van der Waals surface area contributed by atoms with Gasteiger partial charge < -0.3 is 5.32 Å². The molecular weight excluding hydrogens is 409 g/mol. The second-order valence-electron chi connectivity index (χ2n) is 6.51. The lowest BCUT2D eigenvalue weighted by atomic mass is 10.1. The van der Waals surface area contributed by atoms with E-state index in [1.54, 1.807) is 30.5 Å². The fourth-order valence-corrected chi connectivity index (χ4v) is 3.33. The molecule has 0 saturated heterocycles. The van der Waals surface area contributed by atoms with Gasteiger partial charge in [-0.2, -0.15) is 4.98 Å². The molecule has 0 spiro atoms. The Hall–Kier alpha value is -3.57. The molecule has 0 fully saturated rings. The minimum Gasteiger partial charge on any atom is -0.354 e. The number of hydrogen-bond acceptors (Lipinski definition) is 8. The van der Waals surface area contributed by atoms with E-state index in [0.29, 0.717) is 36.3 Å². The Kier molecular flexibility index (Phi) is 5.29. The van der Waals surface area contributed by atoms with Gasteiger partial charge in [-0.05, 0) is 48.4 Å². The summed E-state index contributed by atoms with van der Waals surface area (Å²) in [6.45, 7) is 0.547. The topological polar surface area (TPSA) is 134 Å². The average molecular weight is 427 g/mol. The third-order valence-corrected chi connectivity index (χ3v) is 5.30. The first kappa shape index (κ1) is 19.7. The maximum absolute atomic E-state index is 13.1. The van der Waals surface area contributed by atoms with E-state index in [2.05, 4.69) is 31.1 Å². The Balaban J connectivity index is 1.39. The van der Waals surface area contributed by atoms with E-state index in [1.807, 2.05) is 0 Å². The Morgan fingerprint density at radius 2 is 1.77 bits per heavy atom. The van der Waals surface area contributed by atoms with Crippen molar-refractivity contribution in [2.45, 2.75) is 11.3 Å². The molecule has 4 rings (SSSR count). The zero-order valence-corrected chi connectivity index (χ0v) is 16.4. The predicted octanol–water partition coefficient (Wildman–Crippen LogP) is 1.93. The van der Waals surface area contributed by atoms with Crippen LogP contribution in [0.1, 0.15) is 11.1 Å². The van der Waals surface area contributed by atoms with Crippen molar-refractivity contribution in [1.29, 1.82) is 0 Å². The number of nitrogens with two attached hydrogens (primary N) is 1. The van der Waals surface area contributed by atoms with Gasteiger partial charge in [-0.15, -0.1) is 0 Å². The van der Waals surface area contributed by atoms with E-state index in [0.717, 1.165) is 11.1 Å². The van der Waals surface area contributed by atoms with Crippen molar-refractivity contribution in [3.63, 3.8) is 0 Å². The molecule has 1 aliphatic heterocycles. The van der Waals surface area contributed by atoms with Crippen LogP contribution in [-0.4, -0.2) is 30.8 Å². The zero-order valence-electron chi connectivity index (χ0n) is 15.6. The van der Waals surface area contributed by atoms with Crippen LogP contribution in [0.15, 0.2) is 64.6 Å². The molecule has 0 saturated carbocycles. The van der Waals surface area contributed by atoms with Crippen LogP contribution in [0.5, 0.6) is 0 Å². The molecule has 1 aliphatic rings. The minimum absolute atomic E-state index is 0.0800. The average Bonchev–Trinajstić information content (AvgIpc) is 2.74. The number of aromatic nitrogens is 2. The molecule has 3 aromatic rings. The summed E-state index contributed by atoms with van der Waals surface area (Å²) in [5.74, 6) is 1.15. The largest absolute Gasteiger partial charge is 0.354 e. The van der Waals surface area contributed by atoms with Crippen molar-refractivity contribution >= 4 is 33.3 Å². The number of nitrogens with zero attached hydrogens (tertiary/aromatic N) is 3. The van der Waals surface area contributed by atoms with Crippen molar-refractivity contribution in [3.05, 3.63) is 71.7 Å². The summed E-state index contributed by atoms with van der Waals surface area (Å²) in [5, 5.41) is 8.21. The van der Waals surface area contributed by atoms with E-state index in [4.69, 9.17) is 5.14 Å². The van der Waals surface area contributed by atoms with Crippen LogP contribution in [-0.2, 0) is 16.4 Å². The van der Waals surface area contributed by atoms with Crippen molar-refractivity contribution in [2.75, 3.05) is 17.3 Å². The smallest absolute Gasteiger partial charge is 0.238 e. The molecule has 0 unspecified atom stereocenters. The molecule has 0 amide bonds. The number of hydrazine groups is 1. The molecule has 0 bridgehead atoms. The maximum Gasteiger partial charge on any atom is 0.238 e. The van der Waals surface area contributed by atoms with Crippen LogP contribution in [0.4, 0.5) is 21.8 Å². The summed E-state index contributed by atoms with van der Waals surface area (Å²) >= 11 is 0. The monoisotopic (exact) mass is 427 g/mol. The predicted molar refractivity (Wildman–Crippen MR) is 111 cm³/mol. The number of primary sulfonamides is 1. The quantitative estimate of drug-likeness (QED) is 0.472. The third-order valence-electron chi connectivity index (χ3n) is 4.37. The molecular formula is C19H18FN7O2S. The number of fused-ring (bicyclic) bond motifs is 1. The van der Waals surface area contributed by atoms with E-state index < -0.39 is 10.0 Å². The molecule has 5 N–H and O–H groups in total. The number of nitrogens with one attached hydrogen (secondary N) is 3. The van der Waals surface area contributed by atoms with Crippen LogP contribution < -0.4 is 21.3 Å². The van der Waals surface area contributed by atoms with Gasteiger partial charge in [0.2, 0.25) is 16.0 Å². The normalized spacial score (nSPS) is 12.9. The van der Waals surface area contributed by atoms with E-state index in [-0.39, 0.29) is 10.7 Å². The highest BCUT2D eigenvalue weighted by molar-refractivity contribution is 7.89. The zero-order chi connectivity index (χ0) is 21.1. The van der Waals surface area contributed by atoms with Gasteiger partial charge in [-0.25, -0.2) is 27.9 Å². The Labute approximate surface area is 172 Å². The Morgan fingerprint density at radius 3 is 2.47 bits per heavy atom. The van der Waals surface area contributed by atoms with E-state index in [1.165, 1.54) is 24.3 Å². The summed E-state index contributed by atoms with van der Waals surface area (Å²) in [4.78, 5) is 13.2. The molecule has 9 nitrogen and oxygen atoms in total. The fourth-order valence-electron chi connectivity index (χ4n) is 2.81. The van der Waals surface area contributed by atoms with Crippen LogP contribution >= 0.6 is 0 Å². The van der Waals surface area contributed by atoms with Crippen molar-refractivity contribution in [2.24, 2.45) is 10.1 Å².